The lowest BCUT2D eigenvalue weighted by Gasteiger charge is -2.07. The number of amides is 1. The Morgan fingerprint density at radius 3 is 2.78 bits per heavy atom. The van der Waals surface area contributed by atoms with Crippen molar-refractivity contribution < 1.29 is 9.53 Å². The monoisotopic (exact) mass is 312 g/mol. The molecule has 6 nitrogen and oxygen atoms in total. The minimum atomic E-state index is -0.467. The summed E-state index contributed by atoms with van der Waals surface area (Å²) in [5.74, 6) is 0.322. The van der Waals surface area contributed by atoms with Crippen molar-refractivity contribution in [3.63, 3.8) is 0 Å². The Balaban J connectivity index is 1.78. The second-order valence-corrected chi connectivity index (χ2v) is 4.98. The fourth-order valence-corrected chi connectivity index (χ4v) is 1.92. The zero-order valence-corrected chi connectivity index (χ0v) is 13.0. The number of aromatic nitrogens is 1. The lowest BCUT2D eigenvalue weighted by Crippen LogP contribution is -2.24. The van der Waals surface area contributed by atoms with Crippen LogP contribution in [0, 0.1) is 6.92 Å². The third-order valence-electron chi connectivity index (χ3n) is 3.33. The molecule has 0 unspecified atom stereocenters. The van der Waals surface area contributed by atoms with Crippen molar-refractivity contribution in [2.75, 3.05) is 18.0 Å². The third kappa shape index (κ3) is 4.74. The molecule has 23 heavy (non-hydrogen) atoms. The number of nitrogen functional groups attached to an aromatic ring is 2. The van der Waals surface area contributed by atoms with Crippen LogP contribution in [-0.2, 0) is 11.3 Å². The number of carbonyl (C=O) groups is 1. The molecule has 2 aromatic rings. The van der Waals surface area contributed by atoms with E-state index >= 15 is 0 Å². The van der Waals surface area contributed by atoms with Gasteiger partial charge in [0.1, 0.15) is 12.4 Å². The molecule has 0 radical (unpaired) electrons. The molecule has 1 aromatic heterocycles. The van der Waals surface area contributed by atoms with Gasteiger partial charge in [0, 0.05) is 12.7 Å². The van der Waals surface area contributed by atoms with E-state index in [9.17, 15) is 4.79 Å². The minimum absolute atomic E-state index is 0.244. The van der Waals surface area contributed by atoms with Crippen LogP contribution >= 0.6 is 0 Å². The lowest BCUT2D eigenvalue weighted by atomic mass is 10.1. The number of nitrogens with one attached hydrogen (secondary N) is 1. The summed E-state index contributed by atoms with van der Waals surface area (Å²) in [5.41, 5.74) is 14.6. The standard InChI is InChI=1S/C17H20N4O2/c1-12-14(10-21-16(19)15(12)18)8-5-9-20-17(22)23-11-13-6-3-2-4-7-13/h2-8,10H,9,11,18H2,1H3,(H2,19,21)(H,20,22). The summed E-state index contributed by atoms with van der Waals surface area (Å²) < 4.78 is 5.11. The normalized spacial score (nSPS) is 10.7. The fourth-order valence-electron chi connectivity index (χ4n) is 1.92. The second-order valence-electron chi connectivity index (χ2n) is 4.98. The van der Waals surface area contributed by atoms with E-state index in [1.165, 1.54) is 0 Å². The second kappa shape index (κ2) is 7.84. The van der Waals surface area contributed by atoms with E-state index in [1.54, 1.807) is 12.3 Å². The maximum Gasteiger partial charge on any atom is 0.407 e. The Hall–Kier alpha value is -3.02. The van der Waals surface area contributed by atoms with Crippen LogP contribution in [0.5, 0.6) is 0 Å². The quantitative estimate of drug-likeness (QED) is 0.787. The number of nitrogens with two attached hydrogens (primary N) is 2. The molecule has 6 heteroatoms. The highest BCUT2D eigenvalue weighted by molar-refractivity contribution is 5.70. The number of benzene rings is 1. The molecule has 5 N–H and O–H groups in total. The molecule has 0 saturated carbocycles. The average molecular weight is 312 g/mol. The van der Waals surface area contributed by atoms with Crippen molar-refractivity contribution in [3.05, 3.63) is 59.3 Å². The smallest absolute Gasteiger partial charge is 0.407 e. The summed E-state index contributed by atoms with van der Waals surface area (Å²) in [7, 11) is 0. The molecule has 0 saturated heterocycles. The van der Waals surface area contributed by atoms with Crippen molar-refractivity contribution in [2.45, 2.75) is 13.5 Å². The van der Waals surface area contributed by atoms with E-state index in [-0.39, 0.29) is 6.61 Å². The molecule has 120 valence electrons. The number of rotatable bonds is 5. The molecular formula is C17H20N4O2. The predicted molar refractivity (Wildman–Crippen MR) is 91.5 cm³/mol. The Morgan fingerprint density at radius 1 is 1.30 bits per heavy atom. The van der Waals surface area contributed by atoms with Crippen molar-refractivity contribution in [2.24, 2.45) is 0 Å². The highest BCUT2D eigenvalue weighted by Gasteiger charge is 2.04. The highest BCUT2D eigenvalue weighted by Crippen LogP contribution is 2.20. The van der Waals surface area contributed by atoms with Crippen LogP contribution in [-0.4, -0.2) is 17.6 Å². The first-order valence-corrected chi connectivity index (χ1v) is 7.19. The number of carbonyl (C=O) groups excluding carboxylic acids is 1. The maximum atomic E-state index is 11.6. The van der Waals surface area contributed by atoms with Gasteiger partial charge in [0.2, 0.25) is 0 Å². The first kappa shape index (κ1) is 16.4. The van der Waals surface area contributed by atoms with E-state index < -0.39 is 6.09 Å². The van der Waals surface area contributed by atoms with Gasteiger partial charge in [-0.25, -0.2) is 9.78 Å². The third-order valence-corrected chi connectivity index (χ3v) is 3.33. The van der Waals surface area contributed by atoms with Gasteiger partial charge < -0.3 is 21.5 Å². The lowest BCUT2D eigenvalue weighted by molar-refractivity contribution is 0.141. The van der Waals surface area contributed by atoms with Gasteiger partial charge in [-0.2, -0.15) is 0 Å². The van der Waals surface area contributed by atoms with Crippen molar-refractivity contribution in [3.8, 4) is 0 Å². The molecule has 2 rings (SSSR count). The van der Waals surface area contributed by atoms with Crippen LogP contribution in [0.15, 0.2) is 42.6 Å². The Labute approximate surface area is 135 Å². The van der Waals surface area contributed by atoms with E-state index in [4.69, 9.17) is 16.2 Å². The van der Waals surface area contributed by atoms with Crippen LogP contribution < -0.4 is 16.8 Å². The summed E-state index contributed by atoms with van der Waals surface area (Å²) in [6.45, 7) is 2.46. The fraction of sp³-hybridized carbons (Fsp3) is 0.176. The largest absolute Gasteiger partial charge is 0.445 e. The molecule has 0 aliphatic carbocycles. The number of anilines is 2. The van der Waals surface area contributed by atoms with Crippen molar-refractivity contribution in [1.82, 2.24) is 10.3 Å². The molecule has 0 aliphatic heterocycles. The van der Waals surface area contributed by atoms with Gasteiger partial charge in [-0.1, -0.05) is 42.5 Å². The van der Waals surface area contributed by atoms with Crippen molar-refractivity contribution >= 4 is 23.7 Å². The number of ether oxygens (including phenoxy) is 1. The molecule has 1 amide bonds. The summed E-state index contributed by atoms with van der Waals surface area (Å²) in [5, 5.41) is 2.64. The van der Waals surface area contributed by atoms with Gasteiger partial charge in [0.15, 0.2) is 0 Å². The van der Waals surface area contributed by atoms with E-state index in [0.717, 1.165) is 16.7 Å². The minimum Gasteiger partial charge on any atom is -0.445 e. The van der Waals surface area contributed by atoms with Gasteiger partial charge >= 0.3 is 6.09 Å². The topological polar surface area (TPSA) is 103 Å². The van der Waals surface area contributed by atoms with Crippen LogP contribution in [0.2, 0.25) is 0 Å². The van der Waals surface area contributed by atoms with Crippen LogP contribution in [0.1, 0.15) is 16.7 Å². The molecule has 0 bridgehead atoms. The summed E-state index contributed by atoms with van der Waals surface area (Å²) in [6.07, 6.45) is 4.80. The SMILES string of the molecule is Cc1c(C=CCNC(=O)OCc2ccccc2)cnc(N)c1N. The number of hydrogen-bond donors (Lipinski definition) is 3. The first-order valence-electron chi connectivity index (χ1n) is 7.19. The summed E-state index contributed by atoms with van der Waals surface area (Å²) in [6, 6.07) is 9.50. The number of pyridine rings is 1. The zero-order valence-electron chi connectivity index (χ0n) is 13.0. The highest BCUT2D eigenvalue weighted by atomic mass is 16.5. The van der Waals surface area contributed by atoms with Gasteiger partial charge in [-0.05, 0) is 23.6 Å². The summed E-state index contributed by atoms with van der Waals surface area (Å²) >= 11 is 0. The van der Waals surface area contributed by atoms with Gasteiger partial charge in [0.25, 0.3) is 0 Å². The molecule has 1 aromatic carbocycles. The van der Waals surface area contributed by atoms with E-state index in [1.807, 2.05) is 43.3 Å². The molecule has 0 atom stereocenters. The Bertz CT molecular complexity index is 699. The van der Waals surface area contributed by atoms with Gasteiger partial charge in [-0.15, -0.1) is 0 Å². The number of hydrogen-bond acceptors (Lipinski definition) is 5. The molecule has 1 heterocycles. The zero-order chi connectivity index (χ0) is 16.7. The first-order chi connectivity index (χ1) is 11.1. The Kier molecular flexibility index (Phi) is 5.57. The molecule has 0 aliphatic rings. The number of alkyl carbamates (subject to hydrolysis) is 1. The van der Waals surface area contributed by atoms with E-state index in [2.05, 4.69) is 10.3 Å². The van der Waals surface area contributed by atoms with Gasteiger partial charge in [-0.3, -0.25) is 0 Å². The molecular weight excluding hydrogens is 292 g/mol. The van der Waals surface area contributed by atoms with Crippen molar-refractivity contribution in [1.29, 1.82) is 0 Å². The predicted octanol–water partition coefficient (Wildman–Crippen LogP) is 2.49. The van der Waals surface area contributed by atoms with Crippen LogP contribution in [0.25, 0.3) is 6.08 Å². The maximum absolute atomic E-state index is 11.6. The van der Waals surface area contributed by atoms with Gasteiger partial charge in [0.05, 0.1) is 5.69 Å². The number of nitrogens with zero attached hydrogens (tertiary/aromatic N) is 1. The summed E-state index contributed by atoms with van der Waals surface area (Å²) in [4.78, 5) is 15.6. The molecule has 0 spiro atoms. The Morgan fingerprint density at radius 2 is 2.04 bits per heavy atom. The van der Waals surface area contributed by atoms with Crippen LogP contribution in [0.4, 0.5) is 16.3 Å². The average Bonchev–Trinajstić information content (AvgIpc) is 2.57. The van der Waals surface area contributed by atoms with Crippen LogP contribution in [0.3, 0.4) is 0 Å². The molecule has 0 fully saturated rings. The van der Waals surface area contributed by atoms with E-state index in [0.29, 0.717) is 18.1 Å².